The molecule has 1 N–H and O–H groups in total. The van der Waals surface area contributed by atoms with Crippen molar-refractivity contribution < 1.29 is 9.53 Å². The molecule has 1 aliphatic rings. The molecule has 1 fully saturated rings. The Bertz CT molecular complexity index is 672. The lowest BCUT2D eigenvalue weighted by Crippen LogP contribution is -2.23. The Labute approximate surface area is 121 Å². The summed E-state index contributed by atoms with van der Waals surface area (Å²) in [6, 6.07) is 1.73. The van der Waals surface area contributed by atoms with Crippen LogP contribution in [0.25, 0.3) is 5.95 Å². The molecule has 0 saturated heterocycles. The second-order valence-electron chi connectivity index (χ2n) is 5.08. The minimum atomic E-state index is -0.374. The summed E-state index contributed by atoms with van der Waals surface area (Å²) < 4.78 is 6.78. The first kappa shape index (κ1) is 13.5. The van der Waals surface area contributed by atoms with Crippen LogP contribution < -0.4 is 5.56 Å². The van der Waals surface area contributed by atoms with Crippen molar-refractivity contribution in [1.82, 2.24) is 19.7 Å². The van der Waals surface area contributed by atoms with Gasteiger partial charge in [-0.3, -0.25) is 14.6 Å². The van der Waals surface area contributed by atoms with Gasteiger partial charge in [0.15, 0.2) is 0 Å². The number of esters is 1. The lowest BCUT2D eigenvalue weighted by atomic mass is 10.2. The maximum Gasteiger partial charge on any atom is 0.310 e. The van der Waals surface area contributed by atoms with Crippen LogP contribution in [0.2, 0.25) is 0 Å². The van der Waals surface area contributed by atoms with Crippen LogP contribution in [-0.2, 0) is 16.0 Å². The van der Waals surface area contributed by atoms with Crippen LogP contribution in [0.5, 0.6) is 0 Å². The number of aromatic nitrogens is 4. The first-order valence-electron chi connectivity index (χ1n) is 7.00. The SMILES string of the molecule is O=C(Cc1cnc(-n2cccn2)[nH]c1=O)OC1CCCC1. The van der Waals surface area contributed by atoms with E-state index in [0.717, 1.165) is 25.7 Å². The van der Waals surface area contributed by atoms with Crippen LogP contribution in [0, 0.1) is 0 Å². The highest BCUT2D eigenvalue weighted by atomic mass is 16.5. The van der Waals surface area contributed by atoms with Crippen molar-refractivity contribution in [3.63, 3.8) is 0 Å². The van der Waals surface area contributed by atoms with E-state index in [2.05, 4.69) is 15.1 Å². The molecule has 7 heteroatoms. The number of hydrogen-bond acceptors (Lipinski definition) is 5. The molecule has 0 aliphatic heterocycles. The van der Waals surface area contributed by atoms with Gasteiger partial charge in [0.05, 0.1) is 6.42 Å². The molecule has 7 nitrogen and oxygen atoms in total. The van der Waals surface area contributed by atoms with Crippen molar-refractivity contribution in [2.75, 3.05) is 0 Å². The van der Waals surface area contributed by atoms with Gasteiger partial charge in [0, 0.05) is 24.2 Å². The third-order valence-electron chi connectivity index (χ3n) is 3.52. The normalized spacial score (nSPS) is 15.2. The van der Waals surface area contributed by atoms with Gasteiger partial charge in [-0.2, -0.15) is 5.10 Å². The van der Waals surface area contributed by atoms with Crippen molar-refractivity contribution in [1.29, 1.82) is 0 Å². The van der Waals surface area contributed by atoms with E-state index >= 15 is 0 Å². The quantitative estimate of drug-likeness (QED) is 0.847. The summed E-state index contributed by atoms with van der Waals surface area (Å²) in [5.41, 5.74) is -0.0484. The van der Waals surface area contributed by atoms with Gasteiger partial charge in [-0.15, -0.1) is 0 Å². The van der Waals surface area contributed by atoms with Crippen molar-refractivity contribution in [3.8, 4) is 5.95 Å². The predicted molar refractivity (Wildman–Crippen MR) is 74.0 cm³/mol. The number of rotatable bonds is 4. The Balaban J connectivity index is 1.68. The van der Waals surface area contributed by atoms with Gasteiger partial charge in [-0.05, 0) is 31.7 Å². The molecule has 0 spiro atoms. The van der Waals surface area contributed by atoms with E-state index in [4.69, 9.17) is 4.74 Å². The molecule has 0 unspecified atom stereocenters. The maximum atomic E-state index is 12.0. The average Bonchev–Trinajstić information content (AvgIpc) is 3.13. The van der Waals surface area contributed by atoms with Crippen LogP contribution in [0.15, 0.2) is 29.5 Å². The molecule has 0 radical (unpaired) electrons. The third kappa shape index (κ3) is 3.18. The van der Waals surface area contributed by atoms with Crippen molar-refractivity contribution in [2.24, 2.45) is 0 Å². The lowest BCUT2D eigenvalue weighted by molar-refractivity contribution is -0.147. The van der Waals surface area contributed by atoms with E-state index in [1.165, 1.54) is 10.9 Å². The minimum Gasteiger partial charge on any atom is -0.462 e. The monoisotopic (exact) mass is 288 g/mol. The average molecular weight is 288 g/mol. The van der Waals surface area contributed by atoms with Gasteiger partial charge in [-0.1, -0.05) is 0 Å². The summed E-state index contributed by atoms with van der Waals surface area (Å²) in [4.78, 5) is 30.5. The molecule has 2 aromatic heterocycles. The van der Waals surface area contributed by atoms with Crippen LogP contribution >= 0.6 is 0 Å². The topological polar surface area (TPSA) is 89.9 Å². The van der Waals surface area contributed by atoms with Gasteiger partial charge in [0.2, 0.25) is 5.95 Å². The highest BCUT2D eigenvalue weighted by Crippen LogP contribution is 2.21. The van der Waals surface area contributed by atoms with Crippen LogP contribution in [0.1, 0.15) is 31.2 Å². The summed E-state index contributed by atoms with van der Waals surface area (Å²) in [5, 5.41) is 3.98. The molecule has 3 rings (SSSR count). The zero-order chi connectivity index (χ0) is 14.7. The van der Waals surface area contributed by atoms with Crippen molar-refractivity contribution in [3.05, 3.63) is 40.6 Å². The zero-order valence-electron chi connectivity index (χ0n) is 11.5. The van der Waals surface area contributed by atoms with Gasteiger partial charge in [0.1, 0.15) is 6.10 Å². The lowest BCUT2D eigenvalue weighted by Gasteiger charge is -2.10. The summed E-state index contributed by atoms with van der Waals surface area (Å²) >= 11 is 0. The molecule has 2 aromatic rings. The van der Waals surface area contributed by atoms with Crippen LogP contribution in [0.3, 0.4) is 0 Å². The fourth-order valence-corrected chi connectivity index (χ4v) is 2.44. The first-order valence-corrected chi connectivity index (χ1v) is 7.00. The number of carbonyl (C=O) groups excluding carboxylic acids is 1. The van der Waals surface area contributed by atoms with Gasteiger partial charge in [0.25, 0.3) is 5.56 Å². The molecule has 0 atom stereocenters. The fraction of sp³-hybridized carbons (Fsp3) is 0.429. The molecule has 1 aliphatic carbocycles. The van der Waals surface area contributed by atoms with E-state index in [1.54, 1.807) is 18.5 Å². The van der Waals surface area contributed by atoms with Crippen LogP contribution in [-0.4, -0.2) is 31.8 Å². The van der Waals surface area contributed by atoms with Crippen molar-refractivity contribution in [2.45, 2.75) is 38.2 Å². The molecule has 0 bridgehead atoms. The number of carbonyl (C=O) groups is 1. The fourth-order valence-electron chi connectivity index (χ4n) is 2.44. The standard InChI is InChI=1S/C14H16N4O3/c19-12(21-11-4-1-2-5-11)8-10-9-15-14(17-13(10)20)18-7-3-6-16-18/h3,6-7,9,11H,1-2,4-5,8H2,(H,15,17,20). The van der Waals surface area contributed by atoms with E-state index < -0.39 is 0 Å². The van der Waals surface area contributed by atoms with Gasteiger partial charge >= 0.3 is 5.97 Å². The smallest absolute Gasteiger partial charge is 0.310 e. The number of hydrogen-bond donors (Lipinski definition) is 1. The highest BCUT2D eigenvalue weighted by molar-refractivity contribution is 5.72. The molecule has 0 amide bonds. The molecule has 0 aromatic carbocycles. The number of H-pyrrole nitrogens is 1. The Hall–Kier alpha value is -2.44. The van der Waals surface area contributed by atoms with Gasteiger partial charge < -0.3 is 4.74 Å². The molecule has 21 heavy (non-hydrogen) atoms. The summed E-state index contributed by atoms with van der Waals surface area (Å²) in [7, 11) is 0. The second-order valence-corrected chi connectivity index (χ2v) is 5.08. The Morgan fingerprint density at radius 2 is 2.24 bits per heavy atom. The van der Waals surface area contributed by atoms with E-state index in [9.17, 15) is 9.59 Å². The third-order valence-corrected chi connectivity index (χ3v) is 3.52. The number of nitrogens with zero attached hydrogens (tertiary/aromatic N) is 3. The largest absolute Gasteiger partial charge is 0.462 e. The Morgan fingerprint density at radius 3 is 2.90 bits per heavy atom. The minimum absolute atomic E-state index is 0.00730. The first-order chi connectivity index (χ1) is 10.2. The Morgan fingerprint density at radius 1 is 1.43 bits per heavy atom. The maximum absolute atomic E-state index is 12.0. The predicted octanol–water partition coefficient (Wildman–Crippen LogP) is 0.984. The van der Waals surface area contributed by atoms with Crippen molar-refractivity contribution >= 4 is 5.97 Å². The summed E-state index contributed by atoms with van der Waals surface area (Å²) in [6.45, 7) is 0. The van der Waals surface area contributed by atoms with E-state index in [0.29, 0.717) is 11.5 Å². The molecule has 1 saturated carbocycles. The van der Waals surface area contributed by atoms with E-state index in [-0.39, 0.29) is 24.1 Å². The summed E-state index contributed by atoms with van der Waals surface area (Å²) in [6.07, 6.45) is 8.63. The number of nitrogens with one attached hydrogen (secondary N) is 1. The van der Waals surface area contributed by atoms with Crippen LogP contribution in [0.4, 0.5) is 0 Å². The Kier molecular flexibility index (Phi) is 3.81. The summed E-state index contributed by atoms with van der Waals surface area (Å²) in [5.74, 6) is -0.0565. The zero-order valence-corrected chi connectivity index (χ0v) is 11.5. The molecular formula is C14H16N4O3. The van der Waals surface area contributed by atoms with Gasteiger partial charge in [-0.25, -0.2) is 9.67 Å². The highest BCUT2D eigenvalue weighted by Gasteiger charge is 2.20. The number of aromatic amines is 1. The molecule has 2 heterocycles. The number of ether oxygens (including phenoxy) is 1. The second kappa shape index (κ2) is 5.90. The van der Waals surface area contributed by atoms with E-state index in [1.807, 2.05) is 0 Å². The molecule has 110 valence electrons. The molecular weight excluding hydrogens is 272 g/mol.